The van der Waals surface area contributed by atoms with Crippen LogP contribution in [-0.2, 0) is 19.8 Å². The molecule has 26 heavy (non-hydrogen) atoms. The van der Waals surface area contributed by atoms with Crippen LogP contribution < -0.4 is 0 Å². The second-order valence-corrected chi connectivity index (χ2v) is 23.7. The van der Waals surface area contributed by atoms with Gasteiger partial charge < -0.3 is 0 Å². The largest absolute Gasteiger partial charge is 0.165 e. The van der Waals surface area contributed by atoms with Crippen molar-refractivity contribution in [3.05, 3.63) is 83.9 Å². The van der Waals surface area contributed by atoms with Crippen LogP contribution in [-0.4, -0.2) is 5.43 Å². The topological polar surface area (TPSA) is 0 Å². The van der Waals surface area contributed by atoms with Crippen molar-refractivity contribution in [2.75, 3.05) is 0 Å². The summed E-state index contributed by atoms with van der Waals surface area (Å²) < 4.78 is 11.8. The fraction of sp³-hybridized carbons (Fsp3) is 0.182. The van der Waals surface area contributed by atoms with Gasteiger partial charge in [0.15, 0.2) is 0 Å². The summed E-state index contributed by atoms with van der Waals surface area (Å²) in [7, 11) is 5.19. The predicted molar refractivity (Wildman–Crippen MR) is 113 cm³/mol. The Balaban J connectivity index is 0.000000146. The van der Waals surface area contributed by atoms with E-state index in [9.17, 15) is 2.63 Å². The first kappa shape index (κ1) is 21.3. The van der Waals surface area contributed by atoms with Crippen LogP contribution in [0, 0.1) is 13.8 Å². The molecule has 0 aliphatic carbocycles. The molecule has 0 fully saturated rings. The van der Waals surface area contributed by atoms with Gasteiger partial charge in [-0.05, 0) is 0 Å². The number of fused-ring (bicyclic) bond motifs is 2. The van der Waals surface area contributed by atoms with Crippen molar-refractivity contribution in [1.29, 1.82) is 0 Å². The summed E-state index contributed by atoms with van der Waals surface area (Å²) in [6.07, 6.45) is 0. The minimum Gasteiger partial charge on any atom is -0.165 e. The second kappa shape index (κ2) is 10.3. The number of hydrogen-bond acceptors (Lipinski definition) is 0. The fourth-order valence-corrected chi connectivity index (χ4v) is 2.61. The fourth-order valence-electron chi connectivity index (χ4n) is 2.61. The Labute approximate surface area is 168 Å². The van der Waals surface area contributed by atoms with Crippen LogP contribution in [0.3, 0.4) is 0 Å². The first-order valence-corrected chi connectivity index (χ1v) is 18.9. The molecule has 4 aromatic carbocycles. The molecule has 0 nitrogen and oxygen atoms in total. The number of hydrogen-bond donors (Lipinski definition) is 0. The first-order valence-electron chi connectivity index (χ1n) is 8.59. The average Bonchev–Trinajstić information content (AvgIpc) is 3.16. The summed E-state index contributed by atoms with van der Waals surface area (Å²) in [5.41, 5.74) is 2.04. The molecular weight excluding hydrogens is 438 g/mol. The molecule has 4 aromatic rings. The smallest absolute Gasteiger partial charge is 0.0579 e. The van der Waals surface area contributed by atoms with E-state index in [1.807, 2.05) is 13.1 Å². The summed E-state index contributed by atoms with van der Waals surface area (Å²) in [5.74, 6) is 0. The molecule has 0 saturated heterocycles. The van der Waals surface area contributed by atoms with Gasteiger partial charge in [-0.3, -0.25) is 0 Å². The molecule has 0 unspecified atom stereocenters. The van der Waals surface area contributed by atoms with Gasteiger partial charge >= 0.3 is 49.4 Å². The molecule has 0 spiro atoms. The Hall–Kier alpha value is -1.02. The van der Waals surface area contributed by atoms with Crippen molar-refractivity contribution in [2.45, 2.75) is 26.9 Å². The Morgan fingerprint density at radius 2 is 1.15 bits per heavy atom. The monoisotopic (exact) mass is 460 g/mol. The van der Waals surface area contributed by atoms with E-state index >= 15 is 0 Å². The SMILES string of the molecule is C[Si](C)=[Zr]([F])[Cl].Cc1cc2ccccc2[cH-]1.Cc1cc2ccccc2[cH-]1. The molecule has 0 aromatic heterocycles. The van der Waals surface area contributed by atoms with E-state index in [2.05, 4.69) is 86.6 Å². The Morgan fingerprint density at radius 1 is 0.808 bits per heavy atom. The molecule has 0 saturated carbocycles. The molecule has 0 bridgehead atoms. The second-order valence-electron chi connectivity index (χ2n) is 6.58. The van der Waals surface area contributed by atoms with Crippen LogP contribution in [0.1, 0.15) is 11.1 Å². The number of rotatable bonds is 0. The summed E-state index contributed by atoms with van der Waals surface area (Å²) in [4.78, 5) is 0. The molecule has 0 heterocycles. The summed E-state index contributed by atoms with van der Waals surface area (Å²) >= 11 is -2.63. The minimum absolute atomic E-state index is 0.656. The summed E-state index contributed by atoms with van der Waals surface area (Å²) in [6.45, 7) is 8.10. The van der Waals surface area contributed by atoms with Gasteiger partial charge in [-0.1, -0.05) is 26.0 Å². The molecule has 0 aliphatic rings. The minimum atomic E-state index is -2.63. The molecule has 4 rings (SSSR count). The van der Waals surface area contributed by atoms with Crippen LogP contribution in [0.2, 0.25) is 13.1 Å². The van der Waals surface area contributed by atoms with Crippen LogP contribution in [0.5, 0.6) is 0 Å². The van der Waals surface area contributed by atoms with E-state index in [0.717, 1.165) is 0 Å². The van der Waals surface area contributed by atoms with Crippen molar-refractivity contribution in [1.82, 2.24) is 0 Å². The average molecular weight is 462 g/mol. The van der Waals surface area contributed by atoms with Gasteiger partial charge in [0.05, 0.1) is 0 Å². The third kappa shape index (κ3) is 6.61. The van der Waals surface area contributed by atoms with Crippen molar-refractivity contribution in [3.8, 4) is 0 Å². The van der Waals surface area contributed by atoms with Gasteiger partial charge in [0.1, 0.15) is 0 Å². The molecule has 4 heteroatoms. The van der Waals surface area contributed by atoms with E-state index in [1.54, 1.807) is 0 Å². The van der Waals surface area contributed by atoms with E-state index in [4.69, 9.17) is 8.51 Å². The summed E-state index contributed by atoms with van der Waals surface area (Å²) in [6, 6.07) is 25.7. The Kier molecular flexibility index (Phi) is 8.47. The van der Waals surface area contributed by atoms with E-state index in [1.165, 1.54) is 32.7 Å². The zero-order valence-electron chi connectivity index (χ0n) is 15.7. The zero-order valence-corrected chi connectivity index (χ0v) is 19.9. The number of benzene rings is 2. The van der Waals surface area contributed by atoms with E-state index in [-0.39, 0.29) is 0 Å². The van der Waals surface area contributed by atoms with Gasteiger partial charge in [0.25, 0.3) is 0 Å². The van der Waals surface area contributed by atoms with Crippen molar-refractivity contribution < 1.29 is 22.4 Å². The van der Waals surface area contributed by atoms with Crippen LogP contribution in [0.25, 0.3) is 21.5 Å². The van der Waals surface area contributed by atoms with Gasteiger partial charge in [-0.15, -0.1) is 81.2 Å². The van der Waals surface area contributed by atoms with E-state index in [0.29, 0.717) is 0 Å². The molecule has 136 valence electrons. The predicted octanol–water partition coefficient (Wildman–Crippen LogP) is 7.63. The standard InChI is InChI=1S/2C10H9.C2H6Si.ClH.FH.Zr/c2*1-8-6-9-4-2-3-5-10(9)7-8;1-3-2;;;/h2*2-7H,1H3;1-2H3;2*1H;/q2*-1;;;;+2/p-2. The third-order valence-electron chi connectivity index (χ3n) is 3.90. The van der Waals surface area contributed by atoms with Gasteiger partial charge in [0, 0.05) is 0 Å². The van der Waals surface area contributed by atoms with Crippen molar-refractivity contribution in [2.24, 2.45) is 0 Å². The van der Waals surface area contributed by atoms with Crippen molar-refractivity contribution >= 4 is 35.5 Å². The van der Waals surface area contributed by atoms with Gasteiger partial charge in [0.2, 0.25) is 0 Å². The third-order valence-corrected chi connectivity index (χ3v) is 16.9. The molecule has 0 radical (unpaired) electrons. The molecule has 0 aliphatic heterocycles. The zero-order chi connectivity index (χ0) is 19.1. The molecule has 0 atom stereocenters. The van der Waals surface area contributed by atoms with E-state index < -0.39 is 25.2 Å². The van der Waals surface area contributed by atoms with Crippen LogP contribution in [0.4, 0.5) is 2.63 Å². The maximum absolute atomic E-state index is 11.8. The maximum Gasteiger partial charge on any atom is -0.0579 e. The van der Waals surface area contributed by atoms with Gasteiger partial charge in [-0.25, -0.2) is 0 Å². The summed E-state index contributed by atoms with van der Waals surface area (Å²) in [5, 5.41) is 5.39. The number of aryl methyl sites for hydroxylation is 2. The normalized spacial score (nSPS) is 9.92. The quantitative estimate of drug-likeness (QED) is 0.186. The van der Waals surface area contributed by atoms with Crippen LogP contribution in [0.15, 0.2) is 72.8 Å². The van der Waals surface area contributed by atoms with Crippen molar-refractivity contribution in [3.63, 3.8) is 0 Å². The Morgan fingerprint density at radius 3 is 1.46 bits per heavy atom. The molecular formula is C22H24ClFSiZr-2. The first-order chi connectivity index (χ1) is 12.4. The van der Waals surface area contributed by atoms with Gasteiger partial charge in [-0.2, -0.15) is 12.1 Å². The number of halogens is 2. The van der Waals surface area contributed by atoms with Crippen LogP contribution >= 0.6 is 8.51 Å². The Bertz CT molecular complexity index is 857. The molecule has 0 amide bonds. The molecule has 0 N–H and O–H groups in total. The maximum atomic E-state index is 11.8.